The number of fused-ring (bicyclic) bond motifs is 10. The van der Waals surface area contributed by atoms with Gasteiger partial charge in [0.05, 0.1) is 22.2 Å². The van der Waals surface area contributed by atoms with Crippen LogP contribution in [0.15, 0.2) is 209 Å². The minimum absolute atomic E-state index is 0.876. The molecule has 0 N–H and O–H groups in total. The van der Waals surface area contributed by atoms with Gasteiger partial charge in [-0.3, -0.25) is 0 Å². The van der Waals surface area contributed by atoms with Gasteiger partial charge in [0.2, 0.25) is 0 Å². The first-order chi connectivity index (χ1) is 31.6. The molecule has 0 amide bonds. The van der Waals surface area contributed by atoms with E-state index in [2.05, 4.69) is 211 Å². The van der Waals surface area contributed by atoms with Crippen LogP contribution >= 0.6 is 0 Å². The number of nitrogens with zero attached hydrogens (tertiary/aromatic N) is 2. The minimum atomic E-state index is 0.876. The highest BCUT2D eigenvalue weighted by molar-refractivity contribution is 6.15. The second kappa shape index (κ2) is 14.1. The predicted molar refractivity (Wildman–Crippen MR) is 268 cm³/mol. The van der Waals surface area contributed by atoms with Gasteiger partial charge in [0, 0.05) is 65.8 Å². The van der Waals surface area contributed by atoms with E-state index in [0.717, 1.165) is 99.8 Å². The van der Waals surface area contributed by atoms with Crippen LogP contribution < -0.4 is 0 Å². The van der Waals surface area contributed by atoms with Crippen molar-refractivity contribution < 1.29 is 8.83 Å². The fraction of sp³-hybridized carbons (Fsp3) is 0.0333. The van der Waals surface area contributed by atoms with Gasteiger partial charge in [-0.25, -0.2) is 0 Å². The summed E-state index contributed by atoms with van der Waals surface area (Å²) >= 11 is 0. The number of benzene rings is 9. The summed E-state index contributed by atoms with van der Waals surface area (Å²) in [6.07, 6.45) is 4.38. The molecule has 9 aromatic carbocycles. The van der Waals surface area contributed by atoms with Crippen LogP contribution in [0.2, 0.25) is 0 Å². The second-order valence-corrected chi connectivity index (χ2v) is 16.8. The highest BCUT2D eigenvalue weighted by Gasteiger charge is 2.23. The molecule has 0 fully saturated rings. The van der Waals surface area contributed by atoms with Gasteiger partial charge in [-0.15, -0.1) is 0 Å². The number of furan rings is 2. The average molecular weight is 821 g/mol. The molecule has 64 heavy (non-hydrogen) atoms. The van der Waals surface area contributed by atoms with E-state index in [1.807, 2.05) is 18.2 Å². The van der Waals surface area contributed by atoms with E-state index < -0.39 is 0 Å². The number of aromatic nitrogens is 2. The molecule has 0 radical (unpaired) electrons. The Hall–Kier alpha value is -8.34. The quantitative estimate of drug-likeness (QED) is 0.168. The van der Waals surface area contributed by atoms with Gasteiger partial charge >= 0.3 is 0 Å². The molecule has 4 aromatic heterocycles. The fourth-order valence-corrected chi connectivity index (χ4v) is 10.4. The molecular formula is C60H40N2O2. The van der Waals surface area contributed by atoms with Crippen LogP contribution in [-0.2, 0) is 0 Å². The third kappa shape index (κ3) is 5.36. The minimum Gasteiger partial charge on any atom is -0.456 e. The van der Waals surface area contributed by atoms with Crippen LogP contribution in [0.3, 0.4) is 0 Å². The van der Waals surface area contributed by atoms with E-state index in [1.54, 1.807) is 0 Å². The molecular weight excluding hydrogens is 781 g/mol. The van der Waals surface area contributed by atoms with Crippen molar-refractivity contribution in [3.8, 4) is 44.8 Å². The maximum Gasteiger partial charge on any atom is 0.159 e. The van der Waals surface area contributed by atoms with Gasteiger partial charge in [0.15, 0.2) is 5.58 Å². The predicted octanol–water partition coefficient (Wildman–Crippen LogP) is 16.9. The lowest BCUT2D eigenvalue weighted by Crippen LogP contribution is -1.99. The molecule has 13 aromatic rings. The number of para-hydroxylation sites is 7. The zero-order chi connectivity index (χ0) is 42.5. The lowest BCUT2D eigenvalue weighted by atomic mass is 9.91. The van der Waals surface area contributed by atoms with E-state index in [9.17, 15) is 0 Å². The Morgan fingerprint density at radius 3 is 1.75 bits per heavy atom. The lowest BCUT2D eigenvalue weighted by molar-refractivity contribution is 0.665. The Balaban J connectivity index is 1.13. The molecule has 0 aliphatic rings. The molecule has 0 aliphatic carbocycles. The zero-order valence-electron chi connectivity index (χ0n) is 35.3. The van der Waals surface area contributed by atoms with Gasteiger partial charge < -0.3 is 18.0 Å². The third-order valence-corrected chi connectivity index (χ3v) is 13.2. The molecule has 0 atom stereocenters. The zero-order valence-corrected chi connectivity index (χ0v) is 35.3. The Morgan fingerprint density at radius 1 is 0.406 bits per heavy atom. The summed E-state index contributed by atoms with van der Waals surface area (Å²) < 4.78 is 17.9. The van der Waals surface area contributed by atoms with E-state index >= 15 is 0 Å². The lowest BCUT2D eigenvalue weighted by Gasteiger charge is -2.16. The first kappa shape index (κ1) is 36.3. The Bertz CT molecular complexity index is 4040. The molecule has 0 saturated heterocycles. The normalized spacial score (nSPS) is 12.2. The molecule has 13 rings (SSSR count). The Labute approximate surface area is 369 Å². The number of hydrogen-bond acceptors (Lipinski definition) is 2. The van der Waals surface area contributed by atoms with Crippen LogP contribution in [0, 0.1) is 6.92 Å². The molecule has 4 nitrogen and oxygen atoms in total. The van der Waals surface area contributed by atoms with Gasteiger partial charge in [-0.1, -0.05) is 140 Å². The van der Waals surface area contributed by atoms with Gasteiger partial charge in [0.25, 0.3) is 0 Å². The van der Waals surface area contributed by atoms with Crippen molar-refractivity contribution in [2.45, 2.75) is 13.8 Å². The second-order valence-electron chi connectivity index (χ2n) is 16.8. The number of allylic oxidation sites excluding steroid dienone is 1. The largest absolute Gasteiger partial charge is 0.456 e. The highest BCUT2D eigenvalue weighted by Crippen LogP contribution is 2.45. The number of rotatable bonds is 6. The van der Waals surface area contributed by atoms with Crippen LogP contribution in [-0.4, -0.2) is 9.13 Å². The van der Waals surface area contributed by atoms with Crippen molar-refractivity contribution >= 4 is 82.7 Å². The number of hydrogen-bond donors (Lipinski definition) is 0. The summed E-state index contributed by atoms with van der Waals surface area (Å²) in [5, 5.41) is 8.07. The van der Waals surface area contributed by atoms with Crippen molar-refractivity contribution in [1.29, 1.82) is 0 Å². The smallest absolute Gasteiger partial charge is 0.159 e. The Morgan fingerprint density at radius 2 is 0.984 bits per heavy atom. The molecule has 0 unspecified atom stereocenters. The van der Waals surface area contributed by atoms with Gasteiger partial charge in [-0.2, -0.15) is 0 Å². The highest BCUT2D eigenvalue weighted by atomic mass is 16.3. The van der Waals surface area contributed by atoms with Crippen molar-refractivity contribution in [2.75, 3.05) is 0 Å². The van der Waals surface area contributed by atoms with E-state index in [-0.39, 0.29) is 0 Å². The molecule has 4 heteroatoms. The molecule has 0 bridgehead atoms. The summed E-state index contributed by atoms with van der Waals surface area (Å²) in [6, 6.07) is 70.0. The first-order valence-corrected chi connectivity index (χ1v) is 22.0. The molecule has 0 saturated carbocycles. The van der Waals surface area contributed by atoms with Crippen molar-refractivity contribution in [3.05, 3.63) is 211 Å². The maximum atomic E-state index is 6.73. The van der Waals surface area contributed by atoms with E-state index in [1.165, 1.54) is 32.8 Å². The maximum absolute atomic E-state index is 6.73. The first-order valence-electron chi connectivity index (χ1n) is 22.0. The van der Waals surface area contributed by atoms with Gasteiger partial charge in [0.1, 0.15) is 16.7 Å². The van der Waals surface area contributed by atoms with Crippen molar-refractivity contribution in [2.24, 2.45) is 0 Å². The summed E-state index contributed by atoms with van der Waals surface area (Å²) in [6.45, 7) is 4.33. The molecule has 4 heterocycles. The summed E-state index contributed by atoms with van der Waals surface area (Å²) in [4.78, 5) is 0. The summed E-state index contributed by atoms with van der Waals surface area (Å²) in [7, 11) is 0. The fourth-order valence-electron chi connectivity index (χ4n) is 10.4. The summed E-state index contributed by atoms with van der Waals surface area (Å²) in [5.41, 5.74) is 18.3. The Kier molecular flexibility index (Phi) is 8.00. The SMILES string of the molecule is C/C=C\c1c(C)n(-c2cccc3c2oc2ccccc23)c2c(-c3cc(-c4ccc5oc6ccccc6c5c4)cc(-c4cccc5c6ccccc6n(-c6ccccc6)c45)c3)cccc12. The van der Waals surface area contributed by atoms with Crippen LogP contribution in [0.25, 0.3) is 127 Å². The average Bonchev–Trinajstić information content (AvgIpc) is 4.09. The molecule has 0 aliphatic heterocycles. The monoisotopic (exact) mass is 820 g/mol. The summed E-state index contributed by atoms with van der Waals surface area (Å²) in [5.74, 6) is 0. The standard InChI is InChI=1S/C60H40N2O2/c1-3-16-43-37(2)61(54-28-15-26-51-47-20-8-12-30-56(47)64-60(51)54)58-44(22-13-24-49(43)58)40-33-39(38-31-32-57-52(36-38)48-21-9-11-29-55(48)63-57)34-41(35-40)45-23-14-25-50-46-19-7-10-27-53(46)62(59(45)50)42-17-5-4-6-18-42/h3-36H,1-2H3/b16-3-. The molecule has 302 valence electrons. The van der Waals surface area contributed by atoms with Crippen LogP contribution in [0.1, 0.15) is 18.2 Å². The van der Waals surface area contributed by atoms with Crippen LogP contribution in [0.4, 0.5) is 0 Å². The van der Waals surface area contributed by atoms with E-state index in [0.29, 0.717) is 0 Å². The van der Waals surface area contributed by atoms with Gasteiger partial charge in [-0.05, 0) is 103 Å². The van der Waals surface area contributed by atoms with Crippen molar-refractivity contribution in [1.82, 2.24) is 9.13 Å². The third-order valence-electron chi connectivity index (χ3n) is 13.2. The van der Waals surface area contributed by atoms with E-state index in [4.69, 9.17) is 8.83 Å². The molecule has 0 spiro atoms. The van der Waals surface area contributed by atoms with Crippen LogP contribution in [0.5, 0.6) is 0 Å². The van der Waals surface area contributed by atoms with Crippen molar-refractivity contribution in [3.63, 3.8) is 0 Å². The topological polar surface area (TPSA) is 36.1 Å².